The van der Waals surface area contributed by atoms with Gasteiger partial charge in [-0.25, -0.2) is 0 Å². The van der Waals surface area contributed by atoms with E-state index < -0.39 is 0 Å². The van der Waals surface area contributed by atoms with E-state index in [9.17, 15) is 0 Å². The molecular formula is C36H48. The van der Waals surface area contributed by atoms with E-state index in [1.54, 1.807) is 16.7 Å². The Morgan fingerprint density at radius 2 is 1.14 bits per heavy atom. The fourth-order valence-corrected chi connectivity index (χ4v) is 7.55. The maximum Gasteiger partial charge on any atom is 0.0165 e. The van der Waals surface area contributed by atoms with Crippen molar-refractivity contribution in [2.75, 3.05) is 0 Å². The average molecular weight is 481 g/mol. The average Bonchev–Trinajstić information content (AvgIpc) is 3.36. The summed E-state index contributed by atoms with van der Waals surface area (Å²) >= 11 is 0. The molecule has 0 radical (unpaired) electrons. The number of hydrogen-bond donors (Lipinski definition) is 0. The van der Waals surface area contributed by atoms with E-state index in [1.807, 2.05) is 0 Å². The van der Waals surface area contributed by atoms with Gasteiger partial charge in [-0.3, -0.25) is 0 Å². The number of allylic oxidation sites excluding steroid dienone is 4. The monoisotopic (exact) mass is 480 g/mol. The molecular weight excluding hydrogens is 432 g/mol. The molecule has 192 valence electrons. The predicted octanol–water partition coefficient (Wildman–Crippen LogP) is 10.4. The maximum atomic E-state index is 2.66. The predicted molar refractivity (Wildman–Crippen MR) is 157 cm³/mol. The summed E-state index contributed by atoms with van der Waals surface area (Å²) < 4.78 is 0. The fraction of sp³-hybridized carbons (Fsp3) is 0.556. The van der Waals surface area contributed by atoms with Crippen molar-refractivity contribution in [3.63, 3.8) is 0 Å². The topological polar surface area (TPSA) is 0 Å². The summed E-state index contributed by atoms with van der Waals surface area (Å²) in [6.07, 6.45) is 6.44. The van der Waals surface area contributed by atoms with Gasteiger partial charge < -0.3 is 0 Å². The van der Waals surface area contributed by atoms with Crippen molar-refractivity contribution in [2.45, 2.75) is 106 Å². The van der Waals surface area contributed by atoms with Crippen LogP contribution in [0.1, 0.15) is 118 Å². The zero-order chi connectivity index (χ0) is 26.6. The number of hydrogen-bond acceptors (Lipinski definition) is 0. The smallest absolute Gasteiger partial charge is 0.0165 e. The van der Waals surface area contributed by atoms with Gasteiger partial charge >= 0.3 is 0 Å². The van der Waals surface area contributed by atoms with Crippen molar-refractivity contribution in [2.24, 2.45) is 22.2 Å². The lowest BCUT2D eigenvalue weighted by Gasteiger charge is -2.39. The van der Waals surface area contributed by atoms with Gasteiger partial charge in [0.15, 0.2) is 0 Å². The first-order chi connectivity index (χ1) is 16.3. The van der Waals surface area contributed by atoms with Gasteiger partial charge in [-0.05, 0) is 72.4 Å². The SMILES string of the molecule is CC(C)(C)C1=CC2C(=C1)C(C)(C)CC2(C)C1c2cc(C(C)(C)C)ccc2-c2ccc(C(C)(C)C)cc21. The molecule has 2 unspecified atom stereocenters. The van der Waals surface area contributed by atoms with Crippen LogP contribution in [0.4, 0.5) is 0 Å². The van der Waals surface area contributed by atoms with Crippen molar-refractivity contribution in [3.05, 3.63) is 82.0 Å². The number of rotatable bonds is 1. The Morgan fingerprint density at radius 3 is 1.56 bits per heavy atom. The molecule has 0 nitrogen and oxygen atoms in total. The molecule has 0 aliphatic heterocycles. The van der Waals surface area contributed by atoms with Crippen molar-refractivity contribution in [3.8, 4) is 11.1 Å². The van der Waals surface area contributed by atoms with E-state index in [0.717, 1.165) is 0 Å². The van der Waals surface area contributed by atoms with Crippen LogP contribution in [0.15, 0.2) is 59.7 Å². The first-order valence-electron chi connectivity index (χ1n) is 14.1. The van der Waals surface area contributed by atoms with Crippen molar-refractivity contribution in [1.82, 2.24) is 0 Å². The maximum absolute atomic E-state index is 2.66. The van der Waals surface area contributed by atoms with E-state index in [0.29, 0.717) is 11.8 Å². The standard InChI is InChI=1S/C36H48/c1-32(2,3)22-13-15-25-26-16-14-23(33(4,5)6)18-28(26)31(27(25)17-22)36(12)21-35(10,11)29-19-24(20-30(29)36)34(7,8)9/h13-20,30-31H,21H2,1-12H3. The highest BCUT2D eigenvalue weighted by molar-refractivity contribution is 5.80. The lowest BCUT2D eigenvalue weighted by Crippen LogP contribution is -2.30. The molecule has 2 atom stereocenters. The normalized spacial score (nSPS) is 25.4. The van der Waals surface area contributed by atoms with Gasteiger partial charge in [-0.15, -0.1) is 0 Å². The minimum atomic E-state index is 0.134. The van der Waals surface area contributed by atoms with Crippen LogP contribution >= 0.6 is 0 Å². The molecule has 3 aliphatic rings. The zero-order valence-corrected chi connectivity index (χ0v) is 25.0. The molecule has 0 aromatic heterocycles. The summed E-state index contributed by atoms with van der Waals surface area (Å²) in [5, 5.41) is 0. The van der Waals surface area contributed by atoms with Crippen molar-refractivity contribution in [1.29, 1.82) is 0 Å². The van der Waals surface area contributed by atoms with E-state index in [4.69, 9.17) is 0 Å². The molecule has 2 aromatic rings. The van der Waals surface area contributed by atoms with Crippen LogP contribution in [0.5, 0.6) is 0 Å². The van der Waals surface area contributed by atoms with Crippen LogP contribution in [0.25, 0.3) is 11.1 Å². The van der Waals surface area contributed by atoms with Crippen LogP contribution in [-0.2, 0) is 10.8 Å². The molecule has 0 spiro atoms. The molecule has 0 saturated heterocycles. The molecule has 1 fully saturated rings. The fourth-order valence-electron chi connectivity index (χ4n) is 7.55. The van der Waals surface area contributed by atoms with Gasteiger partial charge in [0.2, 0.25) is 0 Å². The highest BCUT2D eigenvalue weighted by Gasteiger charge is 2.58. The van der Waals surface area contributed by atoms with Gasteiger partial charge in [0, 0.05) is 11.8 Å². The Balaban J connectivity index is 1.77. The molecule has 1 saturated carbocycles. The van der Waals surface area contributed by atoms with Crippen LogP contribution < -0.4 is 0 Å². The van der Waals surface area contributed by atoms with Gasteiger partial charge in [0.25, 0.3) is 0 Å². The lowest BCUT2D eigenvalue weighted by molar-refractivity contribution is 0.219. The summed E-state index contributed by atoms with van der Waals surface area (Å²) in [6, 6.07) is 14.7. The third kappa shape index (κ3) is 3.77. The van der Waals surface area contributed by atoms with Crippen LogP contribution in [-0.4, -0.2) is 0 Å². The molecule has 2 aromatic carbocycles. The molecule has 0 heterocycles. The van der Waals surface area contributed by atoms with Gasteiger partial charge in [-0.1, -0.05) is 137 Å². The second-order valence-electron chi connectivity index (χ2n) is 16.1. The Labute approximate surface area is 221 Å². The highest BCUT2D eigenvalue weighted by Crippen LogP contribution is 2.68. The summed E-state index contributed by atoms with van der Waals surface area (Å²) in [5.74, 6) is 0.889. The zero-order valence-electron chi connectivity index (χ0n) is 25.0. The van der Waals surface area contributed by atoms with Crippen LogP contribution in [0, 0.1) is 22.2 Å². The molecule has 0 bridgehead atoms. The summed E-state index contributed by atoms with van der Waals surface area (Å²) in [7, 11) is 0. The van der Waals surface area contributed by atoms with E-state index in [2.05, 4.69) is 132 Å². The van der Waals surface area contributed by atoms with Gasteiger partial charge in [0.1, 0.15) is 0 Å². The minimum absolute atomic E-state index is 0.134. The third-order valence-corrected chi connectivity index (χ3v) is 9.58. The number of benzene rings is 2. The van der Waals surface area contributed by atoms with Gasteiger partial charge in [-0.2, -0.15) is 0 Å². The summed E-state index contributed by atoms with van der Waals surface area (Å²) in [6.45, 7) is 28.8. The van der Waals surface area contributed by atoms with Gasteiger partial charge in [0.05, 0.1) is 0 Å². The van der Waals surface area contributed by atoms with Crippen molar-refractivity contribution >= 4 is 0 Å². The summed E-state index contributed by atoms with van der Waals surface area (Å²) in [4.78, 5) is 0. The third-order valence-electron chi connectivity index (χ3n) is 9.58. The van der Waals surface area contributed by atoms with Crippen LogP contribution in [0.3, 0.4) is 0 Å². The highest BCUT2D eigenvalue weighted by atomic mass is 14.6. The Hall–Kier alpha value is -2.08. The van der Waals surface area contributed by atoms with E-state index in [-0.39, 0.29) is 27.1 Å². The van der Waals surface area contributed by atoms with Crippen molar-refractivity contribution < 1.29 is 0 Å². The first kappa shape index (κ1) is 25.6. The Kier molecular flexibility index (Phi) is 5.32. The van der Waals surface area contributed by atoms with Crippen LogP contribution in [0.2, 0.25) is 0 Å². The molecule has 36 heavy (non-hydrogen) atoms. The summed E-state index contributed by atoms with van der Waals surface area (Å²) in [5.41, 5.74) is 12.9. The quantitative estimate of drug-likeness (QED) is 0.381. The molecule has 5 rings (SSSR count). The van der Waals surface area contributed by atoms with E-state index >= 15 is 0 Å². The largest absolute Gasteiger partial charge is 0.0730 e. The molecule has 3 aliphatic carbocycles. The Bertz CT molecular complexity index is 1230. The number of fused-ring (bicyclic) bond motifs is 4. The second-order valence-corrected chi connectivity index (χ2v) is 16.1. The second kappa shape index (κ2) is 7.49. The first-order valence-corrected chi connectivity index (χ1v) is 14.1. The minimum Gasteiger partial charge on any atom is -0.0730 e. The lowest BCUT2D eigenvalue weighted by atomic mass is 9.64. The molecule has 0 heteroatoms. The molecule has 0 amide bonds. The van der Waals surface area contributed by atoms with E-state index in [1.165, 1.54) is 34.2 Å². The molecule has 0 N–H and O–H groups in total. The Morgan fingerprint density at radius 1 is 0.667 bits per heavy atom.